The van der Waals surface area contributed by atoms with E-state index in [0.29, 0.717) is 23.7 Å². The Morgan fingerprint density at radius 1 is 1.15 bits per heavy atom. The van der Waals surface area contributed by atoms with Gasteiger partial charge in [-0.25, -0.2) is 23.5 Å². The van der Waals surface area contributed by atoms with E-state index in [-0.39, 0.29) is 47.7 Å². The molecule has 0 atom stereocenters. The third-order valence-corrected chi connectivity index (χ3v) is 7.11. The minimum Gasteiger partial charge on any atom is -0.481 e. The van der Waals surface area contributed by atoms with Gasteiger partial charge in [0.1, 0.15) is 29.8 Å². The van der Waals surface area contributed by atoms with Crippen LogP contribution in [0.2, 0.25) is 0 Å². The Morgan fingerprint density at radius 2 is 1.93 bits per heavy atom. The van der Waals surface area contributed by atoms with Crippen LogP contribution in [-0.2, 0) is 4.74 Å². The van der Waals surface area contributed by atoms with E-state index in [9.17, 15) is 18.4 Å². The van der Waals surface area contributed by atoms with Crippen molar-refractivity contribution in [2.75, 3.05) is 30.7 Å². The number of likely N-dealkylation sites (tertiary alicyclic amines) is 1. The van der Waals surface area contributed by atoms with Crippen LogP contribution in [0.15, 0.2) is 36.7 Å². The molecule has 0 unspecified atom stereocenters. The zero-order valence-corrected chi connectivity index (χ0v) is 22.4. The summed E-state index contributed by atoms with van der Waals surface area (Å²) < 4.78 is 40.8. The van der Waals surface area contributed by atoms with E-state index in [4.69, 9.17) is 15.2 Å². The second-order valence-electron chi connectivity index (χ2n) is 10.1. The van der Waals surface area contributed by atoms with E-state index >= 15 is 0 Å². The lowest BCUT2D eigenvalue weighted by Gasteiger charge is -2.38. The van der Waals surface area contributed by atoms with Crippen molar-refractivity contribution in [2.45, 2.75) is 51.6 Å². The van der Waals surface area contributed by atoms with Gasteiger partial charge in [0, 0.05) is 11.3 Å². The molecule has 2 aliphatic rings. The van der Waals surface area contributed by atoms with Crippen molar-refractivity contribution in [3.05, 3.63) is 65.0 Å². The van der Waals surface area contributed by atoms with E-state index in [1.807, 2.05) is 6.92 Å². The average Bonchev–Trinajstić information content (AvgIpc) is 3.74. The number of nitrogens with zero attached hydrogens (tertiary/aromatic N) is 3. The third kappa shape index (κ3) is 5.83. The number of halogens is 2. The third-order valence-electron chi connectivity index (χ3n) is 7.11. The standard InChI is InChI=1S/C29H31F2N5O4/c1-3-4-9-39-29(38)36-13-20(14-36)40-26-25(33-15-34-27(26)32)22-11-19(30)12-24(16(22)2)35-28(37)21-8-7-18(10-23(21)31)17-5-6-17/h7-8,10-12,15,17,20H,3-6,9,13-14H2,1-2H3,(H,35,37)(H2,32,33,34). The second kappa shape index (κ2) is 11.4. The van der Waals surface area contributed by atoms with Crippen molar-refractivity contribution in [3.63, 3.8) is 0 Å². The lowest BCUT2D eigenvalue weighted by Crippen LogP contribution is -2.56. The zero-order valence-electron chi connectivity index (χ0n) is 22.4. The van der Waals surface area contributed by atoms with Crippen LogP contribution < -0.4 is 15.8 Å². The number of carbonyl (C=O) groups is 2. The zero-order chi connectivity index (χ0) is 28.4. The van der Waals surface area contributed by atoms with Crippen LogP contribution in [0, 0.1) is 18.6 Å². The quantitative estimate of drug-likeness (QED) is 0.340. The molecule has 210 valence electrons. The van der Waals surface area contributed by atoms with Gasteiger partial charge in [0.25, 0.3) is 5.91 Å². The van der Waals surface area contributed by atoms with Crippen molar-refractivity contribution >= 4 is 23.5 Å². The molecule has 1 saturated carbocycles. The van der Waals surface area contributed by atoms with Gasteiger partial charge < -0.3 is 25.4 Å². The number of nitrogens with one attached hydrogen (secondary N) is 1. The highest BCUT2D eigenvalue weighted by Crippen LogP contribution is 2.41. The largest absolute Gasteiger partial charge is 0.481 e. The minimum atomic E-state index is -0.696. The summed E-state index contributed by atoms with van der Waals surface area (Å²) in [5.41, 5.74) is 8.02. The van der Waals surface area contributed by atoms with Crippen LogP contribution in [0.1, 0.15) is 60.0 Å². The number of ether oxygens (including phenoxy) is 2. The summed E-state index contributed by atoms with van der Waals surface area (Å²) in [5, 5.41) is 2.63. The maximum absolute atomic E-state index is 14.8. The van der Waals surface area contributed by atoms with Crippen molar-refractivity contribution in [2.24, 2.45) is 0 Å². The van der Waals surface area contributed by atoms with E-state index in [1.165, 1.54) is 29.4 Å². The van der Waals surface area contributed by atoms with Crippen molar-refractivity contribution in [3.8, 4) is 17.0 Å². The normalized spacial score (nSPS) is 14.9. The highest BCUT2D eigenvalue weighted by Gasteiger charge is 2.35. The van der Waals surface area contributed by atoms with Gasteiger partial charge in [0.05, 0.1) is 25.3 Å². The number of nitrogen functional groups attached to an aromatic ring is 1. The molecule has 0 bridgehead atoms. The second-order valence-corrected chi connectivity index (χ2v) is 10.1. The Hall–Kier alpha value is -4.28. The number of anilines is 2. The monoisotopic (exact) mass is 551 g/mol. The van der Waals surface area contributed by atoms with E-state index < -0.39 is 23.6 Å². The van der Waals surface area contributed by atoms with Gasteiger partial charge in [-0.3, -0.25) is 4.79 Å². The van der Waals surface area contributed by atoms with E-state index in [2.05, 4.69) is 15.3 Å². The molecule has 2 fully saturated rings. The van der Waals surface area contributed by atoms with Crippen LogP contribution in [-0.4, -0.2) is 52.7 Å². The summed E-state index contributed by atoms with van der Waals surface area (Å²) in [6.45, 7) is 4.61. The minimum absolute atomic E-state index is 0.0426. The Morgan fingerprint density at radius 3 is 2.62 bits per heavy atom. The first-order chi connectivity index (χ1) is 19.2. The van der Waals surface area contributed by atoms with Crippen LogP contribution in [0.3, 0.4) is 0 Å². The molecule has 1 aliphatic carbocycles. The maximum Gasteiger partial charge on any atom is 0.410 e. The predicted octanol–water partition coefficient (Wildman–Crippen LogP) is 5.44. The fourth-order valence-electron chi connectivity index (χ4n) is 4.55. The van der Waals surface area contributed by atoms with Gasteiger partial charge >= 0.3 is 6.09 Å². The number of carbonyl (C=O) groups excluding carboxylic acids is 2. The first-order valence-electron chi connectivity index (χ1n) is 13.3. The summed E-state index contributed by atoms with van der Waals surface area (Å²) in [7, 11) is 0. The molecule has 9 nitrogen and oxygen atoms in total. The fourth-order valence-corrected chi connectivity index (χ4v) is 4.55. The maximum atomic E-state index is 14.8. The Balaban J connectivity index is 1.34. The lowest BCUT2D eigenvalue weighted by atomic mass is 10.0. The number of hydrogen-bond acceptors (Lipinski definition) is 7. The highest BCUT2D eigenvalue weighted by atomic mass is 19.1. The molecule has 3 N–H and O–H groups in total. The van der Waals surface area contributed by atoms with Crippen LogP contribution in [0.5, 0.6) is 5.75 Å². The molecule has 2 amide bonds. The molecule has 11 heteroatoms. The Bertz CT molecular complexity index is 1440. The molecular formula is C29H31F2N5O4. The van der Waals surface area contributed by atoms with Crippen molar-refractivity contribution in [1.82, 2.24) is 14.9 Å². The van der Waals surface area contributed by atoms with E-state index in [1.54, 1.807) is 13.0 Å². The first kappa shape index (κ1) is 27.3. The van der Waals surface area contributed by atoms with Crippen LogP contribution in [0.4, 0.5) is 25.1 Å². The topological polar surface area (TPSA) is 120 Å². The van der Waals surface area contributed by atoms with Crippen molar-refractivity contribution < 1.29 is 27.8 Å². The fraction of sp³-hybridized carbons (Fsp3) is 0.379. The number of nitrogens with two attached hydrogens (primary N) is 1. The van der Waals surface area contributed by atoms with Gasteiger partial charge in [-0.1, -0.05) is 19.4 Å². The summed E-state index contributed by atoms with van der Waals surface area (Å²) in [6.07, 6.45) is 4.17. The smallest absolute Gasteiger partial charge is 0.410 e. The number of unbranched alkanes of at least 4 members (excludes halogenated alkanes) is 1. The van der Waals surface area contributed by atoms with Gasteiger partial charge in [0.15, 0.2) is 11.6 Å². The number of rotatable bonds is 9. The Labute approximate surface area is 230 Å². The summed E-state index contributed by atoms with van der Waals surface area (Å²) >= 11 is 0. The molecule has 2 aromatic carbocycles. The molecular weight excluding hydrogens is 520 g/mol. The van der Waals surface area contributed by atoms with E-state index in [0.717, 1.165) is 37.3 Å². The average molecular weight is 552 g/mol. The number of hydrogen-bond donors (Lipinski definition) is 2. The van der Waals surface area contributed by atoms with Crippen molar-refractivity contribution in [1.29, 1.82) is 0 Å². The summed E-state index contributed by atoms with van der Waals surface area (Å²) in [4.78, 5) is 34.9. The molecule has 2 heterocycles. The molecule has 40 heavy (non-hydrogen) atoms. The predicted molar refractivity (Wildman–Crippen MR) is 145 cm³/mol. The van der Waals surface area contributed by atoms with Gasteiger partial charge in [-0.05, 0) is 67.5 Å². The number of aromatic nitrogens is 2. The molecule has 0 spiro atoms. The molecule has 1 saturated heterocycles. The van der Waals surface area contributed by atoms with Gasteiger partial charge in [0.2, 0.25) is 0 Å². The highest BCUT2D eigenvalue weighted by molar-refractivity contribution is 6.05. The SMILES string of the molecule is CCCCOC(=O)N1CC(Oc2c(N)ncnc2-c2cc(F)cc(NC(=O)c3ccc(C4CC4)cc3F)c2C)C1. The molecule has 5 rings (SSSR count). The Kier molecular flexibility index (Phi) is 7.81. The summed E-state index contributed by atoms with van der Waals surface area (Å²) in [6, 6.07) is 7.00. The summed E-state index contributed by atoms with van der Waals surface area (Å²) in [5.74, 6) is -1.44. The van der Waals surface area contributed by atoms with Gasteiger partial charge in [-0.2, -0.15) is 0 Å². The molecule has 0 radical (unpaired) electrons. The van der Waals surface area contributed by atoms with Gasteiger partial charge in [-0.15, -0.1) is 0 Å². The molecule has 1 aliphatic heterocycles. The molecule has 1 aromatic heterocycles. The van der Waals surface area contributed by atoms with Crippen LogP contribution in [0.25, 0.3) is 11.3 Å². The number of benzene rings is 2. The van der Waals surface area contributed by atoms with Crippen LogP contribution >= 0.6 is 0 Å². The number of amides is 2. The first-order valence-corrected chi connectivity index (χ1v) is 13.3. The lowest BCUT2D eigenvalue weighted by molar-refractivity contribution is 0.0112. The molecule has 3 aromatic rings.